The Morgan fingerprint density at radius 3 is 2.50 bits per heavy atom. The molecule has 0 N–H and O–H groups in total. The molecule has 0 bridgehead atoms. The van der Waals surface area contributed by atoms with Crippen LogP contribution in [-0.4, -0.2) is 32.3 Å². The molecule has 0 amide bonds. The number of ether oxygens (including phenoxy) is 3. The summed E-state index contributed by atoms with van der Waals surface area (Å²) < 4.78 is 51.5. The summed E-state index contributed by atoms with van der Waals surface area (Å²) in [4.78, 5) is 4.33. The first-order chi connectivity index (χ1) is 13.4. The largest absolute Gasteiger partial charge is 0.573 e. The van der Waals surface area contributed by atoms with Crippen LogP contribution in [0.2, 0.25) is 5.02 Å². The van der Waals surface area contributed by atoms with E-state index in [2.05, 4.69) is 9.73 Å². The number of nitrogens with zero attached hydrogens (tertiary/aromatic N) is 1. The van der Waals surface area contributed by atoms with E-state index in [1.165, 1.54) is 18.2 Å². The molecular formula is C20H21ClF3NO3. The minimum atomic E-state index is -4.78. The standard InChI is InChI=1S/C20H21ClF3NO3/c1-2-26-11-3-10-25-13-15-4-7-17(8-5-15)27-14-16-6-9-19(18(21)12-16)28-20(22,23)24/h4-9,12-13H,2-3,10-11,14H2,1H3/b25-13+. The van der Waals surface area contributed by atoms with Crippen LogP contribution in [0.5, 0.6) is 11.5 Å². The summed E-state index contributed by atoms with van der Waals surface area (Å²) in [5, 5.41) is -0.130. The van der Waals surface area contributed by atoms with Gasteiger partial charge in [0, 0.05) is 26.0 Å². The van der Waals surface area contributed by atoms with Crippen molar-refractivity contribution in [2.24, 2.45) is 4.99 Å². The maximum absolute atomic E-state index is 12.3. The normalized spacial score (nSPS) is 11.8. The van der Waals surface area contributed by atoms with Crippen LogP contribution < -0.4 is 9.47 Å². The average Bonchev–Trinajstić information content (AvgIpc) is 2.65. The topological polar surface area (TPSA) is 40.0 Å². The van der Waals surface area contributed by atoms with Gasteiger partial charge in [-0.05, 0) is 60.9 Å². The fourth-order valence-electron chi connectivity index (χ4n) is 2.23. The third-order valence-electron chi connectivity index (χ3n) is 3.53. The van der Waals surface area contributed by atoms with Crippen LogP contribution in [0, 0.1) is 0 Å². The summed E-state index contributed by atoms with van der Waals surface area (Å²) in [6.45, 7) is 4.24. The molecule has 8 heteroatoms. The molecule has 0 aliphatic heterocycles. The Bertz CT molecular complexity index is 764. The lowest BCUT2D eigenvalue weighted by molar-refractivity contribution is -0.274. The van der Waals surface area contributed by atoms with Crippen LogP contribution in [0.1, 0.15) is 24.5 Å². The Balaban J connectivity index is 1.83. The van der Waals surface area contributed by atoms with Crippen molar-refractivity contribution in [1.82, 2.24) is 0 Å². The van der Waals surface area contributed by atoms with E-state index in [9.17, 15) is 13.2 Å². The molecule has 2 rings (SSSR count). The molecule has 0 heterocycles. The van der Waals surface area contributed by atoms with E-state index >= 15 is 0 Å². The summed E-state index contributed by atoms with van der Waals surface area (Å²) in [6, 6.07) is 11.3. The highest BCUT2D eigenvalue weighted by Crippen LogP contribution is 2.31. The number of halogens is 4. The van der Waals surface area contributed by atoms with E-state index < -0.39 is 12.1 Å². The molecule has 152 valence electrons. The monoisotopic (exact) mass is 415 g/mol. The van der Waals surface area contributed by atoms with Gasteiger partial charge in [0.15, 0.2) is 0 Å². The minimum Gasteiger partial charge on any atom is -0.489 e. The Morgan fingerprint density at radius 2 is 1.86 bits per heavy atom. The second kappa shape index (κ2) is 10.9. The second-order valence-electron chi connectivity index (χ2n) is 5.76. The van der Waals surface area contributed by atoms with Crippen molar-refractivity contribution in [3.63, 3.8) is 0 Å². The maximum atomic E-state index is 12.3. The van der Waals surface area contributed by atoms with Crippen LogP contribution in [-0.2, 0) is 11.3 Å². The average molecular weight is 416 g/mol. The molecular weight excluding hydrogens is 395 g/mol. The van der Waals surface area contributed by atoms with Crippen molar-refractivity contribution in [2.75, 3.05) is 19.8 Å². The third kappa shape index (κ3) is 8.19. The number of aliphatic imine (C=N–C) groups is 1. The number of hydrogen-bond donors (Lipinski definition) is 0. The number of hydrogen-bond acceptors (Lipinski definition) is 4. The van der Waals surface area contributed by atoms with E-state index in [0.717, 1.165) is 12.0 Å². The van der Waals surface area contributed by atoms with E-state index in [1.807, 2.05) is 19.1 Å². The molecule has 0 unspecified atom stereocenters. The number of benzene rings is 2. The van der Waals surface area contributed by atoms with Crippen molar-refractivity contribution < 1.29 is 27.4 Å². The fourth-order valence-corrected chi connectivity index (χ4v) is 2.47. The highest BCUT2D eigenvalue weighted by Gasteiger charge is 2.32. The van der Waals surface area contributed by atoms with E-state index in [-0.39, 0.29) is 11.6 Å². The first-order valence-electron chi connectivity index (χ1n) is 8.72. The Morgan fingerprint density at radius 1 is 1.11 bits per heavy atom. The van der Waals surface area contributed by atoms with Gasteiger partial charge in [0.05, 0.1) is 5.02 Å². The third-order valence-corrected chi connectivity index (χ3v) is 3.82. The molecule has 0 saturated carbocycles. The summed E-state index contributed by atoms with van der Waals surface area (Å²) in [5.74, 6) is 0.183. The minimum absolute atomic E-state index is 0.130. The van der Waals surface area contributed by atoms with Gasteiger partial charge in [-0.2, -0.15) is 0 Å². The van der Waals surface area contributed by atoms with Gasteiger partial charge in [0.2, 0.25) is 0 Å². The summed E-state index contributed by atoms with van der Waals surface area (Å²) in [6.07, 6.45) is -2.12. The highest BCUT2D eigenvalue weighted by molar-refractivity contribution is 6.32. The van der Waals surface area contributed by atoms with Gasteiger partial charge in [-0.3, -0.25) is 4.99 Å². The van der Waals surface area contributed by atoms with Crippen molar-refractivity contribution in [3.05, 3.63) is 58.6 Å². The van der Waals surface area contributed by atoms with Crippen LogP contribution >= 0.6 is 11.6 Å². The lowest BCUT2D eigenvalue weighted by atomic mass is 10.2. The molecule has 0 aliphatic rings. The number of rotatable bonds is 10. The first kappa shape index (κ1) is 22.0. The summed E-state index contributed by atoms with van der Waals surface area (Å²) in [5.41, 5.74) is 1.57. The first-order valence-corrected chi connectivity index (χ1v) is 9.10. The molecule has 0 radical (unpaired) electrons. The predicted molar refractivity (Wildman–Crippen MR) is 102 cm³/mol. The molecule has 2 aromatic carbocycles. The molecule has 0 atom stereocenters. The molecule has 0 spiro atoms. The zero-order valence-electron chi connectivity index (χ0n) is 15.3. The van der Waals surface area contributed by atoms with E-state index in [0.29, 0.717) is 31.1 Å². The quantitative estimate of drug-likeness (QED) is 0.371. The van der Waals surface area contributed by atoms with Gasteiger partial charge in [-0.1, -0.05) is 17.7 Å². The molecule has 0 fully saturated rings. The Hall–Kier alpha value is -2.25. The van der Waals surface area contributed by atoms with Gasteiger partial charge in [-0.25, -0.2) is 0 Å². The number of alkyl halides is 3. The lowest BCUT2D eigenvalue weighted by Gasteiger charge is -2.12. The molecule has 4 nitrogen and oxygen atoms in total. The molecule has 28 heavy (non-hydrogen) atoms. The van der Waals surface area contributed by atoms with E-state index in [1.54, 1.807) is 18.3 Å². The van der Waals surface area contributed by atoms with Gasteiger partial charge < -0.3 is 14.2 Å². The van der Waals surface area contributed by atoms with Crippen LogP contribution in [0.3, 0.4) is 0 Å². The molecule has 0 saturated heterocycles. The molecule has 2 aromatic rings. The van der Waals surface area contributed by atoms with Gasteiger partial charge in [0.25, 0.3) is 0 Å². The van der Waals surface area contributed by atoms with E-state index in [4.69, 9.17) is 21.1 Å². The second-order valence-corrected chi connectivity index (χ2v) is 6.16. The Labute approximate surface area is 166 Å². The van der Waals surface area contributed by atoms with Crippen LogP contribution in [0.25, 0.3) is 0 Å². The van der Waals surface area contributed by atoms with Crippen molar-refractivity contribution in [3.8, 4) is 11.5 Å². The maximum Gasteiger partial charge on any atom is 0.573 e. The van der Waals surface area contributed by atoms with Gasteiger partial charge in [-0.15, -0.1) is 13.2 Å². The fraction of sp³-hybridized carbons (Fsp3) is 0.350. The molecule has 0 aliphatic carbocycles. The zero-order chi connectivity index (χ0) is 20.4. The molecule has 0 aromatic heterocycles. The Kier molecular flexibility index (Phi) is 8.60. The zero-order valence-corrected chi connectivity index (χ0v) is 16.1. The van der Waals surface area contributed by atoms with Gasteiger partial charge >= 0.3 is 6.36 Å². The predicted octanol–water partition coefficient (Wildman–Crippen LogP) is 5.66. The highest BCUT2D eigenvalue weighted by atomic mass is 35.5. The summed E-state index contributed by atoms with van der Waals surface area (Å²) >= 11 is 5.82. The SMILES string of the molecule is CCOCCC/N=C/c1ccc(OCc2ccc(OC(F)(F)F)c(Cl)c2)cc1. The van der Waals surface area contributed by atoms with Gasteiger partial charge in [0.1, 0.15) is 18.1 Å². The van der Waals surface area contributed by atoms with Crippen molar-refractivity contribution in [1.29, 1.82) is 0 Å². The van der Waals surface area contributed by atoms with Crippen LogP contribution in [0.15, 0.2) is 47.5 Å². The smallest absolute Gasteiger partial charge is 0.489 e. The summed E-state index contributed by atoms with van der Waals surface area (Å²) in [7, 11) is 0. The van der Waals surface area contributed by atoms with Crippen LogP contribution in [0.4, 0.5) is 13.2 Å². The van der Waals surface area contributed by atoms with Crippen molar-refractivity contribution >= 4 is 17.8 Å². The van der Waals surface area contributed by atoms with Crippen molar-refractivity contribution in [2.45, 2.75) is 26.3 Å². The lowest BCUT2D eigenvalue weighted by Crippen LogP contribution is -2.17.